The third kappa shape index (κ3) is 6.78. The second-order valence-corrected chi connectivity index (χ2v) is 6.92. The molecule has 8 heteroatoms. The van der Waals surface area contributed by atoms with Crippen LogP contribution in [0.2, 0.25) is 0 Å². The maximum Gasteiger partial charge on any atom is 0.240 e. The molecule has 0 aromatic heterocycles. The molecule has 6 nitrogen and oxygen atoms in total. The summed E-state index contributed by atoms with van der Waals surface area (Å²) in [6.07, 6.45) is 2.90. The molecule has 0 aliphatic carbocycles. The van der Waals surface area contributed by atoms with Gasteiger partial charge in [-0.15, -0.1) is 12.4 Å². The number of sulfonamides is 1. The average molecular weight is 377 g/mol. The van der Waals surface area contributed by atoms with Gasteiger partial charge in [-0.05, 0) is 44.2 Å². The first-order valence-corrected chi connectivity index (χ1v) is 9.29. The van der Waals surface area contributed by atoms with Gasteiger partial charge in [-0.3, -0.25) is 0 Å². The van der Waals surface area contributed by atoms with Gasteiger partial charge >= 0.3 is 0 Å². The highest BCUT2D eigenvalue weighted by Crippen LogP contribution is 2.16. The number of halogens is 1. The first-order valence-electron chi connectivity index (χ1n) is 7.80. The van der Waals surface area contributed by atoms with E-state index in [4.69, 9.17) is 9.47 Å². The molecule has 0 amide bonds. The fourth-order valence-corrected chi connectivity index (χ4v) is 3.22. The SMILES string of the molecule is CCOCCOc1ccc(S(=O)(=O)NCC2=CCNCC2)cc1.Cl. The molecule has 1 aliphatic heterocycles. The Balaban J connectivity index is 0.00000288. The molecule has 1 aromatic carbocycles. The van der Waals surface area contributed by atoms with Crippen molar-refractivity contribution in [3.63, 3.8) is 0 Å². The van der Waals surface area contributed by atoms with E-state index in [1.165, 1.54) is 0 Å². The van der Waals surface area contributed by atoms with Gasteiger partial charge in [0.05, 0.1) is 11.5 Å². The van der Waals surface area contributed by atoms with Crippen molar-refractivity contribution in [3.8, 4) is 5.75 Å². The first-order chi connectivity index (χ1) is 11.1. The minimum absolute atomic E-state index is 0. The molecule has 0 radical (unpaired) electrons. The summed E-state index contributed by atoms with van der Waals surface area (Å²) in [5.74, 6) is 0.629. The number of rotatable bonds is 9. The van der Waals surface area contributed by atoms with E-state index in [-0.39, 0.29) is 17.3 Å². The maximum absolute atomic E-state index is 12.3. The Bertz CT molecular complexity index is 617. The molecule has 1 aliphatic rings. The molecule has 0 bridgehead atoms. The fourth-order valence-electron chi connectivity index (χ4n) is 2.18. The molecule has 2 N–H and O–H groups in total. The van der Waals surface area contributed by atoms with Crippen LogP contribution in [0.1, 0.15) is 13.3 Å². The van der Waals surface area contributed by atoms with Gasteiger partial charge in [0.2, 0.25) is 10.0 Å². The van der Waals surface area contributed by atoms with Gasteiger partial charge < -0.3 is 14.8 Å². The average Bonchev–Trinajstić information content (AvgIpc) is 2.58. The summed E-state index contributed by atoms with van der Waals surface area (Å²) in [5, 5.41) is 3.20. The van der Waals surface area contributed by atoms with Crippen molar-refractivity contribution >= 4 is 22.4 Å². The van der Waals surface area contributed by atoms with Crippen molar-refractivity contribution in [2.45, 2.75) is 18.2 Å². The van der Waals surface area contributed by atoms with E-state index in [2.05, 4.69) is 10.0 Å². The van der Waals surface area contributed by atoms with Crippen LogP contribution >= 0.6 is 12.4 Å². The molecule has 0 fully saturated rings. The molecular formula is C16H25ClN2O4S. The highest BCUT2D eigenvalue weighted by molar-refractivity contribution is 7.89. The predicted octanol–water partition coefficient (Wildman–Crippen LogP) is 1.72. The zero-order valence-electron chi connectivity index (χ0n) is 13.8. The Labute approximate surface area is 150 Å². The molecular weight excluding hydrogens is 352 g/mol. The summed E-state index contributed by atoms with van der Waals surface area (Å²) >= 11 is 0. The lowest BCUT2D eigenvalue weighted by Gasteiger charge is -2.15. The largest absolute Gasteiger partial charge is 0.491 e. The lowest BCUT2D eigenvalue weighted by Crippen LogP contribution is -2.29. The first kappa shape index (κ1) is 20.9. The molecule has 0 saturated heterocycles. The summed E-state index contributed by atoms with van der Waals surface area (Å²) in [6, 6.07) is 6.42. The van der Waals surface area contributed by atoms with Gasteiger partial charge in [-0.2, -0.15) is 0 Å². The van der Waals surface area contributed by atoms with E-state index in [0.29, 0.717) is 32.1 Å². The Kier molecular flexibility index (Phi) is 9.31. The predicted molar refractivity (Wildman–Crippen MR) is 96.4 cm³/mol. The normalized spacial score (nSPS) is 14.6. The summed E-state index contributed by atoms with van der Waals surface area (Å²) in [4.78, 5) is 0.240. The summed E-state index contributed by atoms with van der Waals surface area (Å²) in [5.41, 5.74) is 1.11. The van der Waals surface area contributed by atoms with Crippen molar-refractivity contribution in [2.75, 3.05) is 39.5 Å². The third-order valence-electron chi connectivity index (χ3n) is 3.48. The topological polar surface area (TPSA) is 76.7 Å². The van der Waals surface area contributed by atoms with Crippen LogP contribution in [0.4, 0.5) is 0 Å². The van der Waals surface area contributed by atoms with Gasteiger partial charge in [0.1, 0.15) is 12.4 Å². The lowest BCUT2D eigenvalue weighted by atomic mass is 10.1. The zero-order chi connectivity index (χ0) is 16.5. The minimum atomic E-state index is -3.50. The van der Waals surface area contributed by atoms with Crippen molar-refractivity contribution in [2.24, 2.45) is 0 Å². The Morgan fingerprint density at radius 2 is 1.96 bits per heavy atom. The van der Waals surface area contributed by atoms with Crippen LogP contribution in [-0.2, 0) is 14.8 Å². The van der Waals surface area contributed by atoms with Crippen LogP contribution in [0.15, 0.2) is 40.8 Å². The summed E-state index contributed by atoms with van der Waals surface area (Å²) in [6.45, 7) is 5.58. The maximum atomic E-state index is 12.3. The smallest absolute Gasteiger partial charge is 0.240 e. The van der Waals surface area contributed by atoms with Crippen molar-refractivity contribution < 1.29 is 17.9 Å². The minimum Gasteiger partial charge on any atom is -0.491 e. The molecule has 0 saturated carbocycles. The number of nitrogens with one attached hydrogen (secondary N) is 2. The van der Waals surface area contributed by atoms with E-state index in [9.17, 15) is 8.42 Å². The van der Waals surface area contributed by atoms with Crippen LogP contribution in [-0.4, -0.2) is 47.9 Å². The standard InChI is InChI=1S/C16H24N2O4S.ClH/c1-2-21-11-12-22-15-3-5-16(6-4-15)23(19,20)18-13-14-7-9-17-10-8-14;/h3-7,17-18H,2,8-13H2,1H3;1H. The fraction of sp³-hybridized carbons (Fsp3) is 0.500. The molecule has 1 aromatic rings. The van der Waals surface area contributed by atoms with Crippen LogP contribution < -0.4 is 14.8 Å². The molecule has 24 heavy (non-hydrogen) atoms. The molecule has 2 rings (SSSR count). The third-order valence-corrected chi connectivity index (χ3v) is 4.90. The molecule has 0 atom stereocenters. The van der Waals surface area contributed by atoms with Gasteiger partial charge in [0, 0.05) is 19.7 Å². The number of benzene rings is 1. The molecule has 1 heterocycles. The van der Waals surface area contributed by atoms with Crippen molar-refractivity contribution in [3.05, 3.63) is 35.9 Å². The van der Waals surface area contributed by atoms with Crippen LogP contribution in [0.5, 0.6) is 5.75 Å². The highest BCUT2D eigenvalue weighted by Gasteiger charge is 2.15. The monoisotopic (exact) mass is 376 g/mol. The zero-order valence-corrected chi connectivity index (χ0v) is 15.4. The van der Waals surface area contributed by atoms with Gasteiger partial charge in [0.15, 0.2) is 0 Å². The van der Waals surface area contributed by atoms with E-state index in [1.54, 1.807) is 24.3 Å². The van der Waals surface area contributed by atoms with Crippen LogP contribution in [0.25, 0.3) is 0 Å². The molecule has 0 spiro atoms. The highest BCUT2D eigenvalue weighted by atomic mass is 35.5. The Morgan fingerprint density at radius 1 is 1.21 bits per heavy atom. The van der Waals surface area contributed by atoms with E-state index >= 15 is 0 Å². The van der Waals surface area contributed by atoms with Crippen molar-refractivity contribution in [1.29, 1.82) is 0 Å². The van der Waals surface area contributed by atoms with Crippen LogP contribution in [0.3, 0.4) is 0 Å². The number of ether oxygens (including phenoxy) is 2. The van der Waals surface area contributed by atoms with Gasteiger partial charge in [-0.25, -0.2) is 13.1 Å². The second-order valence-electron chi connectivity index (χ2n) is 5.16. The molecule has 136 valence electrons. The van der Waals surface area contributed by atoms with Crippen LogP contribution in [0, 0.1) is 0 Å². The van der Waals surface area contributed by atoms with E-state index in [1.807, 2.05) is 13.0 Å². The summed E-state index contributed by atoms with van der Waals surface area (Å²) in [7, 11) is -3.50. The second kappa shape index (κ2) is 10.7. The van der Waals surface area contributed by atoms with E-state index < -0.39 is 10.0 Å². The van der Waals surface area contributed by atoms with Crippen molar-refractivity contribution in [1.82, 2.24) is 10.0 Å². The summed E-state index contributed by atoms with van der Waals surface area (Å²) < 4.78 is 37.8. The number of hydrogen-bond donors (Lipinski definition) is 2. The lowest BCUT2D eigenvalue weighted by molar-refractivity contribution is 0.110. The number of hydrogen-bond acceptors (Lipinski definition) is 5. The van der Waals surface area contributed by atoms with Gasteiger partial charge in [-0.1, -0.05) is 11.6 Å². The van der Waals surface area contributed by atoms with Gasteiger partial charge in [0.25, 0.3) is 0 Å². The Hall–Kier alpha value is -1.12. The molecule has 0 unspecified atom stereocenters. The van der Waals surface area contributed by atoms with E-state index in [0.717, 1.165) is 25.1 Å². The Morgan fingerprint density at radius 3 is 2.58 bits per heavy atom. The quantitative estimate of drug-likeness (QED) is 0.507.